The Morgan fingerprint density at radius 2 is 1.90 bits per heavy atom. The number of piperidine rings is 1. The van der Waals surface area contributed by atoms with Gasteiger partial charge in [-0.05, 0) is 54.7 Å². The van der Waals surface area contributed by atoms with Crippen molar-refractivity contribution in [2.24, 2.45) is 5.16 Å². The van der Waals surface area contributed by atoms with Gasteiger partial charge < -0.3 is 20.4 Å². The second-order valence-electron chi connectivity index (χ2n) is 8.03. The number of benzene rings is 1. The number of aromatic nitrogens is 1. The van der Waals surface area contributed by atoms with Crippen LogP contribution in [0.4, 0.5) is 10.5 Å². The van der Waals surface area contributed by atoms with Crippen molar-refractivity contribution in [2.75, 3.05) is 18.4 Å². The summed E-state index contributed by atoms with van der Waals surface area (Å²) in [5.74, 6) is -0.244. The Morgan fingerprint density at radius 3 is 2.65 bits per heavy atom. The van der Waals surface area contributed by atoms with Crippen LogP contribution in [0.1, 0.15) is 37.3 Å². The molecule has 1 aromatic heterocycles. The Kier molecular flexibility index (Phi) is 6.16. The van der Waals surface area contributed by atoms with Crippen LogP contribution in [0.2, 0.25) is 0 Å². The van der Waals surface area contributed by atoms with Crippen LogP contribution >= 0.6 is 0 Å². The van der Waals surface area contributed by atoms with Gasteiger partial charge >= 0.3 is 6.03 Å². The van der Waals surface area contributed by atoms with Gasteiger partial charge in [-0.1, -0.05) is 24.2 Å². The van der Waals surface area contributed by atoms with Crippen molar-refractivity contribution in [3.05, 3.63) is 59.9 Å². The number of oxime groups is 1. The maximum absolute atomic E-state index is 12.8. The van der Waals surface area contributed by atoms with Crippen molar-refractivity contribution in [3.63, 3.8) is 0 Å². The van der Waals surface area contributed by atoms with Crippen molar-refractivity contribution >= 4 is 23.3 Å². The number of anilines is 1. The number of nitrogens with zero attached hydrogens (tertiary/aromatic N) is 3. The summed E-state index contributed by atoms with van der Waals surface area (Å²) in [7, 11) is 0. The first kappa shape index (κ1) is 20.8. The number of amides is 3. The zero-order valence-corrected chi connectivity index (χ0v) is 17.6. The first-order valence-electron chi connectivity index (χ1n) is 10.6. The zero-order valence-electron chi connectivity index (χ0n) is 17.6. The van der Waals surface area contributed by atoms with E-state index in [0.29, 0.717) is 31.8 Å². The molecule has 1 aromatic carbocycles. The number of carbonyl (C=O) groups is 2. The normalized spacial score (nSPS) is 20.2. The third-order valence-corrected chi connectivity index (χ3v) is 5.74. The Bertz CT molecular complexity index is 961. The van der Waals surface area contributed by atoms with E-state index in [1.54, 1.807) is 17.3 Å². The van der Waals surface area contributed by atoms with Crippen LogP contribution in [0.25, 0.3) is 0 Å². The summed E-state index contributed by atoms with van der Waals surface area (Å²) >= 11 is 0. The molecule has 0 saturated carbocycles. The highest BCUT2D eigenvalue weighted by atomic mass is 16.7. The Morgan fingerprint density at radius 1 is 1.13 bits per heavy atom. The van der Waals surface area contributed by atoms with E-state index in [2.05, 4.69) is 27.7 Å². The second-order valence-corrected chi connectivity index (χ2v) is 8.03. The lowest BCUT2D eigenvalue weighted by molar-refractivity contribution is -0.115. The molecule has 1 saturated heterocycles. The monoisotopic (exact) mass is 421 g/mol. The summed E-state index contributed by atoms with van der Waals surface area (Å²) in [6, 6.07) is 11.4. The molecular weight excluding hydrogens is 394 g/mol. The number of likely N-dealkylation sites (tertiary alicyclic amines) is 1. The van der Waals surface area contributed by atoms with Crippen LogP contribution < -0.4 is 10.6 Å². The van der Waals surface area contributed by atoms with Crippen molar-refractivity contribution in [1.82, 2.24) is 15.2 Å². The van der Waals surface area contributed by atoms with Gasteiger partial charge in [0.05, 0.1) is 6.54 Å². The summed E-state index contributed by atoms with van der Waals surface area (Å²) in [5.41, 5.74) is 2.68. The van der Waals surface area contributed by atoms with E-state index in [-0.39, 0.29) is 11.9 Å². The average molecular weight is 422 g/mol. The van der Waals surface area contributed by atoms with Crippen LogP contribution in [-0.4, -0.2) is 46.2 Å². The van der Waals surface area contributed by atoms with Gasteiger partial charge in [-0.15, -0.1) is 0 Å². The number of urea groups is 1. The third kappa shape index (κ3) is 5.02. The predicted molar refractivity (Wildman–Crippen MR) is 118 cm³/mol. The number of hydrogen-bond acceptors (Lipinski definition) is 5. The van der Waals surface area contributed by atoms with Crippen LogP contribution in [0.5, 0.6) is 0 Å². The quantitative estimate of drug-likeness (QED) is 0.775. The molecule has 0 radical (unpaired) electrons. The molecule has 8 nitrogen and oxygen atoms in total. The fourth-order valence-corrected chi connectivity index (χ4v) is 3.94. The van der Waals surface area contributed by atoms with Gasteiger partial charge in [0.25, 0.3) is 5.91 Å². The lowest BCUT2D eigenvalue weighted by Crippen LogP contribution is -2.52. The second kappa shape index (κ2) is 9.16. The van der Waals surface area contributed by atoms with Gasteiger partial charge in [-0.25, -0.2) is 4.79 Å². The largest absolute Gasteiger partial charge is 0.386 e. The highest BCUT2D eigenvalue weighted by Crippen LogP contribution is 2.33. The lowest BCUT2D eigenvalue weighted by Gasteiger charge is -2.38. The fourth-order valence-electron chi connectivity index (χ4n) is 3.94. The SMILES string of the molecule is CCc1ccc(NC(=O)N2CCCC3(CC(C(=O)NCc4ccncc4)=NO3)C2)cc1. The maximum atomic E-state index is 12.8. The smallest absolute Gasteiger partial charge is 0.321 e. The summed E-state index contributed by atoms with van der Waals surface area (Å²) in [4.78, 5) is 36.7. The van der Waals surface area contributed by atoms with Gasteiger partial charge in [-0.3, -0.25) is 9.78 Å². The van der Waals surface area contributed by atoms with Gasteiger partial charge in [0.2, 0.25) is 0 Å². The van der Waals surface area contributed by atoms with E-state index >= 15 is 0 Å². The van der Waals surface area contributed by atoms with Crippen molar-refractivity contribution in [3.8, 4) is 0 Å². The number of hydrogen-bond donors (Lipinski definition) is 2. The van der Waals surface area contributed by atoms with Crippen LogP contribution in [0, 0.1) is 0 Å². The number of pyridine rings is 1. The molecule has 2 N–H and O–H groups in total. The molecule has 0 aliphatic carbocycles. The molecule has 4 rings (SSSR count). The first-order chi connectivity index (χ1) is 15.1. The molecule has 2 aromatic rings. The minimum atomic E-state index is -0.634. The number of nitrogens with one attached hydrogen (secondary N) is 2. The summed E-state index contributed by atoms with van der Waals surface area (Å²) in [6.45, 7) is 3.54. The molecule has 2 aliphatic heterocycles. The van der Waals surface area contributed by atoms with Gasteiger partial charge in [0.15, 0.2) is 5.60 Å². The number of aryl methyl sites for hydroxylation is 1. The highest BCUT2D eigenvalue weighted by molar-refractivity contribution is 6.39. The van der Waals surface area contributed by atoms with E-state index in [1.807, 2.05) is 36.4 Å². The van der Waals surface area contributed by atoms with E-state index in [0.717, 1.165) is 30.5 Å². The lowest BCUT2D eigenvalue weighted by atomic mass is 9.88. The number of carbonyl (C=O) groups excluding carboxylic acids is 2. The van der Waals surface area contributed by atoms with Gasteiger partial charge in [0.1, 0.15) is 5.71 Å². The first-order valence-corrected chi connectivity index (χ1v) is 10.6. The van der Waals surface area contributed by atoms with Crippen LogP contribution in [0.3, 0.4) is 0 Å². The predicted octanol–water partition coefficient (Wildman–Crippen LogP) is 3.10. The number of rotatable bonds is 5. The molecule has 3 heterocycles. The van der Waals surface area contributed by atoms with E-state index in [9.17, 15) is 9.59 Å². The Labute approximate surface area is 181 Å². The molecule has 8 heteroatoms. The van der Waals surface area contributed by atoms with Crippen molar-refractivity contribution < 1.29 is 14.4 Å². The molecule has 0 bridgehead atoms. The third-order valence-electron chi connectivity index (χ3n) is 5.74. The van der Waals surface area contributed by atoms with E-state index in [1.165, 1.54) is 5.56 Å². The highest BCUT2D eigenvalue weighted by Gasteiger charge is 2.45. The molecule has 31 heavy (non-hydrogen) atoms. The summed E-state index contributed by atoms with van der Waals surface area (Å²) in [6.07, 6.45) is 6.28. The van der Waals surface area contributed by atoms with Crippen molar-refractivity contribution in [2.45, 2.75) is 44.8 Å². The maximum Gasteiger partial charge on any atom is 0.321 e. The van der Waals surface area contributed by atoms with Crippen molar-refractivity contribution in [1.29, 1.82) is 0 Å². The van der Waals surface area contributed by atoms with Gasteiger partial charge in [-0.2, -0.15) is 0 Å². The minimum absolute atomic E-state index is 0.164. The van der Waals surface area contributed by atoms with Crippen LogP contribution in [0.15, 0.2) is 53.9 Å². The molecule has 3 amide bonds. The fraction of sp³-hybridized carbons (Fsp3) is 0.391. The summed E-state index contributed by atoms with van der Waals surface area (Å²) < 4.78 is 0. The molecule has 1 atom stereocenters. The Hall–Kier alpha value is -3.42. The molecule has 1 fully saturated rings. The minimum Gasteiger partial charge on any atom is -0.386 e. The molecule has 162 valence electrons. The molecule has 1 spiro atoms. The van der Waals surface area contributed by atoms with Gasteiger partial charge in [0, 0.05) is 37.6 Å². The average Bonchev–Trinajstić information content (AvgIpc) is 3.21. The molecular formula is C23H27N5O3. The van der Waals surface area contributed by atoms with E-state index < -0.39 is 5.60 Å². The standard InChI is InChI=1S/C23H27N5O3/c1-2-17-4-6-19(7-5-17)26-22(30)28-13-3-10-23(16-28)14-20(27-31-23)21(29)25-15-18-8-11-24-12-9-18/h4-9,11-12H,2-3,10,13-16H2,1H3,(H,25,29)(H,26,30). The summed E-state index contributed by atoms with van der Waals surface area (Å²) in [5, 5.41) is 9.88. The van der Waals surface area contributed by atoms with Crippen LogP contribution in [-0.2, 0) is 22.6 Å². The molecule has 2 aliphatic rings. The Balaban J connectivity index is 1.31. The molecule has 1 unspecified atom stereocenters. The zero-order chi connectivity index (χ0) is 21.7. The topological polar surface area (TPSA) is 95.9 Å². The van der Waals surface area contributed by atoms with E-state index in [4.69, 9.17) is 4.84 Å².